The number of piperazine rings is 1. The molecular weight excluding hydrogens is 770 g/mol. The second-order valence-electron chi connectivity index (χ2n) is 17.6. The first-order valence-electron chi connectivity index (χ1n) is 20.5. The molecule has 14 nitrogen and oxygen atoms in total. The average molecular weight is 820 g/mol. The molecule has 0 radical (unpaired) electrons. The van der Waals surface area contributed by atoms with E-state index < -0.39 is 11.9 Å². The van der Waals surface area contributed by atoms with E-state index in [0.29, 0.717) is 38.7 Å². The summed E-state index contributed by atoms with van der Waals surface area (Å²) in [5.41, 5.74) is 2.55. The van der Waals surface area contributed by atoms with Crippen LogP contribution in [0.5, 0.6) is 5.75 Å². The summed E-state index contributed by atoms with van der Waals surface area (Å²) in [5, 5.41) is 23.9. The van der Waals surface area contributed by atoms with Crippen LogP contribution in [0.25, 0.3) is 10.9 Å². The lowest BCUT2D eigenvalue weighted by atomic mass is 9.49. The van der Waals surface area contributed by atoms with Crippen molar-refractivity contribution in [2.75, 3.05) is 55.6 Å². The van der Waals surface area contributed by atoms with E-state index in [1.54, 1.807) is 24.3 Å². The quantitative estimate of drug-likeness (QED) is 0.220. The van der Waals surface area contributed by atoms with Crippen LogP contribution < -0.4 is 30.7 Å². The van der Waals surface area contributed by atoms with E-state index in [1.165, 1.54) is 0 Å². The van der Waals surface area contributed by atoms with Gasteiger partial charge in [-0.2, -0.15) is 9.94 Å². The molecule has 3 aromatic carbocycles. The summed E-state index contributed by atoms with van der Waals surface area (Å²) >= 11 is 6.25. The van der Waals surface area contributed by atoms with Crippen molar-refractivity contribution >= 4 is 51.6 Å². The molecule has 4 heterocycles. The lowest BCUT2D eigenvalue weighted by Gasteiger charge is -2.63. The van der Waals surface area contributed by atoms with Crippen LogP contribution in [0.1, 0.15) is 75.3 Å². The maximum absolute atomic E-state index is 13.5. The minimum atomic E-state index is -0.842. The molecule has 4 aliphatic rings. The van der Waals surface area contributed by atoms with Crippen molar-refractivity contribution in [1.82, 2.24) is 30.5 Å². The van der Waals surface area contributed by atoms with Crippen LogP contribution in [0, 0.1) is 28.1 Å². The van der Waals surface area contributed by atoms with Gasteiger partial charge in [-0.1, -0.05) is 44.5 Å². The molecule has 1 saturated carbocycles. The van der Waals surface area contributed by atoms with Crippen LogP contribution >= 0.6 is 11.6 Å². The lowest BCUT2D eigenvalue weighted by Crippen LogP contribution is -2.74. The Hall–Kier alpha value is -5.52. The summed E-state index contributed by atoms with van der Waals surface area (Å²) in [6.07, 6.45) is 2.34. The average Bonchev–Trinajstić information content (AvgIpc) is 3.22. The molecule has 308 valence electrons. The number of carbonyl (C=O) groups excluding carboxylic acids is 3. The van der Waals surface area contributed by atoms with Gasteiger partial charge in [-0.25, -0.2) is 0 Å². The van der Waals surface area contributed by atoms with E-state index >= 15 is 0 Å². The molecule has 8 rings (SSSR count). The van der Waals surface area contributed by atoms with Gasteiger partial charge in [0.1, 0.15) is 29.5 Å². The number of halogens is 1. The zero-order chi connectivity index (χ0) is 41.6. The predicted molar refractivity (Wildman–Crippen MR) is 225 cm³/mol. The summed E-state index contributed by atoms with van der Waals surface area (Å²) in [4.78, 5) is 57.9. The topological polar surface area (TPSA) is 166 Å². The smallest absolute Gasteiger partial charge is 0.278 e. The van der Waals surface area contributed by atoms with Gasteiger partial charge in [0.15, 0.2) is 0 Å². The number of aromatic nitrogens is 3. The molecule has 4 aromatic rings. The van der Waals surface area contributed by atoms with E-state index in [9.17, 15) is 24.4 Å². The zero-order valence-corrected chi connectivity index (χ0v) is 34.7. The van der Waals surface area contributed by atoms with Crippen molar-refractivity contribution < 1.29 is 19.1 Å². The summed E-state index contributed by atoms with van der Waals surface area (Å²) < 4.78 is 7.48. The first-order valence-corrected chi connectivity index (χ1v) is 20.8. The van der Waals surface area contributed by atoms with Gasteiger partial charge in [0, 0.05) is 92.1 Å². The van der Waals surface area contributed by atoms with Crippen LogP contribution in [-0.4, -0.2) is 95.6 Å². The van der Waals surface area contributed by atoms with Gasteiger partial charge in [0.05, 0.1) is 16.0 Å². The zero-order valence-electron chi connectivity index (χ0n) is 33.9. The monoisotopic (exact) mass is 819 g/mol. The number of amides is 3. The third-order valence-electron chi connectivity index (χ3n) is 13.0. The Morgan fingerprint density at radius 2 is 1.58 bits per heavy atom. The van der Waals surface area contributed by atoms with Crippen LogP contribution in [0.15, 0.2) is 65.5 Å². The first kappa shape index (κ1) is 40.3. The highest BCUT2D eigenvalue weighted by atomic mass is 35.5. The van der Waals surface area contributed by atoms with Gasteiger partial charge in [-0.3, -0.25) is 29.4 Å². The highest BCUT2D eigenvalue weighted by Gasteiger charge is 2.64. The van der Waals surface area contributed by atoms with Gasteiger partial charge in [0.25, 0.3) is 17.4 Å². The van der Waals surface area contributed by atoms with Crippen molar-refractivity contribution in [3.05, 3.63) is 87.2 Å². The normalized spacial score (nSPS) is 23.3. The maximum atomic E-state index is 13.5. The van der Waals surface area contributed by atoms with Crippen LogP contribution in [-0.2, 0) is 9.59 Å². The molecule has 1 aliphatic carbocycles. The Balaban J connectivity index is 0.792. The Morgan fingerprint density at radius 3 is 2.24 bits per heavy atom. The molecule has 0 spiro atoms. The third kappa shape index (κ3) is 7.85. The predicted octanol–water partition coefficient (Wildman–Crippen LogP) is 4.94. The molecule has 3 saturated heterocycles. The van der Waals surface area contributed by atoms with Gasteiger partial charge in [-0.15, -0.1) is 5.10 Å². The number of hydrogen-bond acceptors (Lipinski definition) is 11. The first-order chi connectivity index (χ1) is 28.2. The third-order valence-corrected chi connectivity index (χ3v) is 13.3. The van der Waals surface area contributed by atoms with Gasteiger partial charge >= 0.3 is 0 Å². The molecular formula is C44H50ClN9O5. The molecule has 15 heteroatoms. The number of benzene rings is 3. The SMILES string of the molecule is CC1(C)C(NC(=O)c2ccc(N3CCN(CC4CCN(c5ccc6c(=O)n(C7CCC(=O)NC7=O)nnc6c5)CC4)CC3)cc2)C(C)(C)C1Oc1ccc(C#N)c(Cl)c1. The fourth-order valence-corrected chi connectivity index (χ4v) is 10.1. The Bertz CT molecular complexity index is 2360. The number of ether oxygens (including phenoxy) is 1. The molecule has 1 unspecified atom stereocenters. The lowest BCUT2D eigenvalue weighted by molar-refractivity contribution is -0.164. The Labute approximate surface area is 348 Å². The number of imide groups is 1. The number of nitriles is 1. The van der Waals surface area contributed by atoms with Crippen molar-refractivity contribution in [2.24, 2.45) is 16.7 Å². The minimum Gasteiger partial charge on any atom is -0.489 e. The van der Waals surface area contributed by atoms with Crippen molar-refractivity contribution in [3.8, 4) is 11.8 Å². The number of fused-ring (bicyclic) bond motifs is 1. The molecule has 0 bridgehead atoms. The van der Waals surface area contributed by atoms with Crippen LogP contribution in [0.2, 0.25) is 5.02 Å². The summed E-state index contributed by atoms with van der Waals surface area (Å²) in [6.45, 7) is 15.1. The summed E-state index contributed by atoms with van der Waals surface area (Å²) in [6, 6.07) is 19.7. The number of anilines is 2. The van der Waals surface area contributed by atoms with Crippen molar-refractivity contribution in [1.29, 1.82) is 5.26 Å². The van der Waals surface area contributed by atoms with E-state index in [2.05, 4.69) is 69.4 Å². The fourth-order valence-electron chi connectivity index (χ4n) is 9.92. The minimum absolute atomic E-state index is 0.107. The van der Waals surface area contributed by atoms with E-state index in [1.807, 2.05) is 36.4 Å². The van der Waals surface area contributed by atoms with Gasteiger partial charge in [-0.05, 0) is 79.8 Å². The molecule has 3 amide bonds. The second-order valence-corrected chi connectivity index (χ2v) is 18.0. The molecule has 1 atom stereocenters. The fraction of sp³-hybridized carbons (Fsp3) is 0.477. The number of rotatable bonds is 9. The number of nitrogens with one attached hydrogen (secondary N) is 2. The molecule has 1 aromatic heterocycles. The molecule has 4 fully saturated rings. The standard InChI is InChI=1S/C44H50ClN9O5/c1-43(2)41(44(3,4)42(43)59-32-11-7-29(25-46)34(45)24-32)48-38(56)28-5-8-30(9-6-28)53-21-19-51(20-22-53)26-27-15-17-52(18-16-27)31-10-12-33-35(23-31)49-50-54(40(33)58)36-13-14-37(55)47-39(36)57/h5-12,23-24,27,36,41-42H,13-22,26H2,1-4H3,(H,48,56)(H,47,55,57). The maximum Gasteiger partial charge on any atom is 0.278 e. The summed E-state index contributed by atoms with van der Waals surface area (Å²) in [7, 11) is 0. The number of carbonyl (C=O) groups is 3. The van der Waals surface area contributed by atoms with Crippen LogP contribution in [0.4, 0.5) is 11.4 Å². The number of nitrogens with zero attached hydrogens (tertiary/aromatic N) is 7. The van der Waals surface area contributed by atoms with E-state index in [-0.39, 0.29) is 53.2 Å². The van der Waals surface area contributed by atoms with Crippen molar-refractivity contribution in [3.63, 3.8) is 0 Å². The van der Waals surface area contributed by atoms with E-state index in [0.717, 1.165) is 74.7 Å². The second kappa shape index (κ2) is 15.9. The summed E-state index contributed by atoms with van der Waals surface area (Å²) in [5.74, 6) is 0.218. The number of piperidine rings is 2. The van der Waals surface area contributed by atoms with Crippen molar-refractivity contribution in [2.45, 2.75) is 71.6 Å². The van der Waals surface area contributed by atoms with Gasteiger partial charge in [0.2, 0.25) is 5.91 Å². The Kier molecular flexibility index (Phi) is 10.9. The number of hydrogen-bond donors (Lipinski definition) is 2. The van der Waals surface area contributed by atoms with Gasteiger partial charge < -0.3 is 19.9 Å². The molecule has 2 N–H and O–H groups in total. The highest BCUT2D eigenvalue weighted by molar-refractivity contribution is 6.31. The molecule has 59 heavy (non-hydrogen) atoms. The van der Waals surface area contributed by atoms with E-state index in [4.69, 9.17) is 16.3 Å². The van der Waals surface area contributed by atoms with Crippen LogP contribution in [0.3, 0.4) is 0 Å². The largest absolute Gasteiger partial charge is 0.489 e. The molecule has 3 aliphatic heterocycles. The highest BCUT2D eigenvalue weighted by Crippen LogP contribution is 2.55. The Morgan fingerprint density at radius 1 is 0.898 bits per heavy atom.